The number of carbonyl (C=O) groups excluding carboxylic acids is 1. The lowest BCUT2D eigenvalue weighted by Gasteiger charge is -2.43. The summed E-state index contributed by atoms with van der Waals surface area (Å²) >= 11 is 0. The summed E-state index contributed by atoms with van der Waals surface area (Å²) in [6, 6.07) is 17.8. The molecule has 1 amide bonds. The average Bonchev–Trinajstić information content (AvgIpc) is 3.38. The first kappa shape index (κ1) is 22.6. The molecule has 34 heavy (non-hydrogen) atoms. The summed E-state index contributed by atoms with van der Waals surface area (Å²) in [5, 5.41) is 4.12. The van der Waals surface area contributed by atoms with Crippen LogP contribution in [0.4, 0.5) is 0 Å². The van der Waals surface area contributed by atoms with Crippen LogP contribution in [0.5, 0.6) is 5.75 Å². The highest BCUT2D eigenvalue weighted by molar-refractivity contribution is 5.88. The molecule has 0 radical (unpaired) electrons. The lowest BCUT2D eigenvalue weighted by Crippen LogP contribution is -2.55. The molecular weight excluding hydrogens is 432 g/mol. The van der Waals surface area contributed by atoms with Gasteiger partial charge in [0.25, 0.3) is 0 Å². The molecule has 0 unspecified atom stereocenters. The van der Waals surface area contributed by atoms with E-state index in [2.05, 4.69) is 27.2 Å². The van der Waals surface area contributed by atoms with Crippen molar-refractivity contribution < 1.29 is 18.8 Å². The maximum absolute atomic E-state index is 13.7. The fraction of sp³-hybridized carbons (Fsp3) is 0.423. The Hall–Kier alpha value is -3.23. The van der Waals surface area contributed by atoms with Gasteiger partial charge in [0, 0.05) is 45.0 Å². The third kappa shape index (κ3) is 4.56. The van der Waals surface area contributed by atoms with Gasteiger partial charge in [0.05, 0.1) is 19.1 Å². The molecule has 8 heteroatoms. The predicted molar refractivity (Wildman–Crippen MR) is 126 cm³/mol. The maximum Gasteiger partial charge on any atom is 0.241 e. The van der Waals surface area contributed by atoms with Crippen LogP contribution in [0.3, 0.4) is 0 Å². The minimum atomic E-state index is -0.485. The van der Waals surface area contributed by atoms with Crippen molar-refractivity contribution in [2.75, 3.05) is 46.5 Å². The number of amides is 1. The van der Waals surface area contributed by atoms with Crippen molar-refractivity contribution >= 4 is 5.91 Å². The zero-order valence-electron chi connectivity index (χ0n) is 19.5. The number of nitrogens with zero attached hydrogens (tertiary/aromatic N) is 4. The second-order valence-corrected chi connectivity index (χ2v) is 8.87. The zero-order valence-corrected chi connectivity index (χ0v) is 19.5. The van der Waals surface area contributed by atoms with Crippen molar-refractivity contribution in [3.63, 3.8) is 0 Å². The van der Waals surface area contributed by atoms with Crippen molar-refractivity contribution in [2.45, 2.75) is 24.8 Å². The van der Waals surface area contributed by atoms with Gasteiger partial charge in [0.2, 0.25) is 17.6 Å². The predicted octanol–water partition coefficient (Wildman–Crippen LogP) is 3.14. The topological polar surface area (TPSA) is 80.9 Å². The highest BCUT2D eigenvalue weighted by Crippen LogP contribution is 2.37. The van der Waals surface area contributed by atoms with Crippen LogP contribution in [0.25, 0.3) is 11.4 Å². The quantitative estimate of drug-likeness (QED) is 0.557. The Bertz CT molecular complexity index is 1090. The van der Waals surface area contributed by atoms with E-state index in [0.717, 1.165) is 42.8 Å². The summed E-state index contributed by atoms with van der Waals surface area (Å²) in [4.78, 5) is 22.6. The van der Waals surface area contributed by atoms with E-state index in [0.29, 0.717) is 44.6 Å². The molecule has 3 heterocycles. The molecule has 2 fully saturated rings. The molecule has 0 aliphatic carbocycles. The number of aromatic nitrogens is 2. The zero-order chi connectivity index (χ0) is 23.4. The first-order valence-corrected chi connectivity index (χ1v) is 11.8. The van der Waals surface area contributed by atoms with E-state index in [-0.39, 0.29) is 5.91 Å². The second kappa shape index (κ2) is 9.95. The number of ether oxygens (including phenoxy) is 2. The van der Waals surface area contributed by atoms with Crippen LogP contribution in [0.2, 0.25) is 0 Å². The van der Waals surface area contributed by atoms with Gasteiger partial charge in [0.1, 0.15) is 5.75 Å². The third-order valence-corrected chi connectivity index (χ3v) is 6.92. The molecule has 178 valence electrons. The van der Waals surface area contributed by atoms with Gasteiger partial charge >= 0.3 is 0 Å². The molecule has 0 spiro atoms. The number of methoxy groups -OCH3 is 1. The molecule has 2 saturated heterocycles. The number of rotatable bonds is 6. The summed E-state index contributed by atoms with van der Waals surface area (Å²) in [6.45, 7) is 4.73. The second-order valence-electron chi connectivity index (χ2n) is 8.87. The Kier molecular flexibility index (Phi) is 6.60. The summed E-state index contributed by atoms with van der Waals surface area (Å²) in [5.41, 5.74) is 1.50. The van der Waals surface area contributed by atoms with Crippen molar-refractivity contribution in [2.24, 2.45) is 0 Å². The van der Waals surface area contributed by atoms with Gasteiger partial charge in [0.15, 0.2) is 0 Å². The van der Waals surface area contributed by atoms with E-state index in [4.69, 9.17) is 14.0 Å². The van der Waals surface area contributed by atoms with Gasteiger partial charge in [-0.3, -0.25) is 9.69 Å². The number of benzene rings is 2. The first-order chi connectivity index (χ1) is 16.7. The van der Waals surface area contributed by atoms with Crippen LogP contribution in [0.15, 0.2) is 59.1 Å². The van der Waals surface area contributed by atoms with E-state index in [1.54, 1.807) is 7.11 Å². The van der Waals surface area contributed by atoms with Crippen molar-refractivity contribution in [3.8, 4) is 17.1 Å². The van der Waals surface area contributed by atoms with Crippen LogP contribution in [0.1, 0.15) is 24.3 Å². The summed E-state index contributed by atoms with van der Waals surface area (Å²) in [5.74, 6) is 2.16. The summed E-state index contributed by atoms with van der Waals surface area (Å²) < 4.78 is 16.3. The first-order valence-electron chi connectivity index (χ1n) is 11.8. The molecule has 5 rings (SSSR count). The maximum atomic E-state index is 13.7. The van der Waals surface area contributed by atoms with Crippen LogP contribution in [-0.2, 0) is 21.5 Å². The lowest BCUT2D eigenvalue weighted by atomic mass is 9.73. The molecule has 8 nitrogen and oxygen atoms in total. The molecule has 2 aromatic carbocycles. The van der Waals surface area contributed by atoms with Crippen LogP contribution >= 0.6 is 0 Å². The molecule has 0 bridgehead atoms. The Balaban J connectivity index is 1.21. The van der Waals surface area contributed by atoms with Gasteiger partial charge in [-0.15, -0.1) is 0 Å². The molecule has 2 aliphatic rings. The molecular formula is C26H30N4O4. The molecule has 2 aliphatic heterocycles. The Morgan fingerprint density at radius 3 is 2.38 bits per heavy atom. The van der Waals surface area contributed by atoms with E-state index >= 15 is 0 Å². The SMILES string of the molecule is COc1ccc(-c2noc(CN3CCN(C(=O)C4(c5ccccc5)CCOCC4)CC3)n2)cc1. The standard InChI is InChI=1S/C26H30N4O4/c1-32-22-9-7-20(8-10-22)24-27-23(34-28-24)19-29-13-15-30(16-14-29)25(31)26(11-17-33-18-12-26)21-5-3-2-4-6-21/h2-10H,11-19H2,1H3. The highest BCUT2D eigenvalue weighted by atomic mass is 16.5. The molecule has 0 N–H and O–H groups in total. The van der Waals surface area contributed by atoms with Gasteiger partial charge in [-0.05, 0) is 42.7 Å². The minimum absolute atomic E-state index is 0.223. The number of carbonyl (C=O) groups is 1. The molecule has 0 saturated carbocycles. The van der Waals surface area contributed by atoms with E-state index in [9.17, 15) is 4.79 Å². The van der Waals surface area contributed by atoms with Crippen LogP contribution in [0, 0.1) is 0 Å². The van der Waals surface area contributed by atoms with E-state index in [1.807, 2.05) is 47.4 Å². The lowest BCUT2D eigenvalue weighted by molar-refractivity contribution is -0.143. The van der Waals surface area contributed by atoms with E-state index < -0.39 is 5.41 Å². The van der Waals surface area contributed by atoms with Crippen molar-refractivity contribution in [3.05, 3.63) is 66.1 Å². The average molecular weight is 463 g/mol. The Morgan fingerprint density at radius 1 is 1.00 bits per heavy atom. The normalized spacial score (nSPS) is 18.6. The number of hydrogen-bond donors (Lipinski definition) is 0. The van der Waals surface area contributed by atoms with E-state index in [1.165, 1.54) is 0 Å². The van der Waals surface area contributed by atoms with Gasteiger partial charge in [-0.25, -0.2) is 0 Å². The molecule has 3 aromatic rings. The largest absolute Gasteiger partial charge is 0.497 e. The summed E-state index contributed by atoms with van der Waals surface area (Å²) in [6.07, 6.45) is 1.46. The third-order valence-electron chi connectivity index (χ3n) is 6.92. The van der Waals surface area contributed by atoms with Crippen LogP contribution in [-0.4, -0.2) is 72.4 Å². The Morgan fingerprint density at radius 2 is 1.71 bits per heavy atom. The van der Waals surface area contributed by atoms with Crippen LogP contribution < -0.4 is 4.74 Å². The fourth-order valence-corrected chi connectivity index (χ4v) is 4.88. The monoisotopic (exact) mass is 462 g/mol. The number of hydrogen-bond acceptors (Lipinski definition) is 7. The summed E-state index contributed by atoms with van der Waals surface area (Å²) in [7, 11) is 1.64. The molecule has 0 atom stereocenters. The highest BCUT2D eigenvalue weighted by Gasteiger charge is 2.44. The Labute approximate surface area is 199 Å². The smallest absolute Gasteiger partial charge is 0.241 e. The van der Waals surface area contributed by atoms with Crippen molar-refractivity contribution in [1.29, 1.82) is 0 Å². The molecule has 1 aromatic heterocycles. The van der Waals surface area contributed by atoms with Gasteiger partial charge < -0.3 is 18.9 Å². The fourth-order valence-electron chi connectivity index (χ4n) is 4.88. The minimum Gasteiger partial charge on any atom is -0.497 e. The van der Waals surface area contributed by atoms with Crippen molar-refractivity contribution in [1.82, 2.24) is 19.9 Å². The number of piperazine rings is 1. The van der Waals surface area contributed by atoms with Gasteiger partial charge in [-0.1, -0.05) is 35.5 Å². The van der Waals surface area contributed by atoms with Gasteiger partial charge in [-0.2, -0.15) is 4.98 Å².